The van der Waals surface area contributed by atoms with E-state index in [9.17, 15) is 28.0 Å². The van der Waals surface area contributed by atoms with Crippen molar-refractivity contribution < 1.29 is 28.0 Å². The van der Waals surface area contributed by atoms with Crippen LogP contribution in [0.1, 0.15) is 180 Å². The molecule has 68 heavy (non-hydrogen) atoms. The molecule has 4 N–H and O–H groups in total. The fourth-order valence-electron chi connectivity index (χ4n) is 9.36. The molecule has 0 saturated heterocycles. The van der Waals surface area contributed by atoms with E-state index in [0.29, 0.717) is 54.3 Å². The lowest BCUT2D eigenvalue weighted by molar-refractivity contribution is -0.139. The Balaban J connectivity index is 0.000000159. The third-order valence-electron chi connectivity index (χ3n) is 12.6. The fraction of sp³-hybridized carbons (Fsp3) is 0.429. The van der Waals surface area contributed by atoms with E-state index in [1.807, 2.05) is 38.1 Å². The molecule has 0 unspecified atom stereocenters. The van der Waals surface area contributed by atoms with Crippen molar-refractivity contribution in [3.05, 3.63) is 140 Å². The Morgan fingerprint density at radius 1 is 0.485 bits per heavy atom. The van der Waals surface area contributed by atoms with Gasteiger partial charge >= 0.3 is 5.92 Å². The molecule has 4 amide bonds. The first-order valence-corrected chi connectivity index (χ1v) is 23.7. The van der Waals surface area contributed by atoms with Gasteiger partial charge in [0, 0.05) is 23.4 Å². The molecule has 0 bridgehead atoms. The van der Waals surface area contributed by atoms with E-state index in [1.165, 1.54) is 53.9 Å². The van der Waals surface area contributed by atoms with Crippen LogP contribution in [-0.2, 0) is 57.2 Å². The first-order valence-electron chi connectivity index (χ1n) is 23.7. The van der Waals surface area contributed by atoms with Crippen LogP contribution in [-0.4, -0.2) is 33.6 Å². The van der Waals surface area contributed by atoms with Gasteiger partial charge in [-0.15, -0.1) is 0 Å². The van der Waals surface area contributed by atoms with Gasteiger partial charge in [0.2, 0.25) is 17.7 Å². The van der Waals surface area contributed by atoms with Crippen LogP contribution in [0.4, 0.5) is 31.7 Å². The number of rotatable bonds is 5. The second kappa shape index (κ2) is 22.7. The topological polar surface area (TPSA) is 142 Å². The molecule has 0 fully saturated rings. The lowest BCUT2D eigenvalue weighted by Crippen LogP contribution is -2.24. The van der Waals surface area contributed by atoms with Crippen LogP contribution in [0.15, 0.2) is 79.1 Å². The lowest BCUT2D eigenvalue weighted by atomic mass is 9.91. The zero-order chi connectivity index (χ0) is 48.7. The molecule has 5 aromatic rings. The number of halogens is 2. The number of hydrogen-bond donors (Lipinski definition) is 4. The number of benzene rings is 4. The second-order valence-electron chi connectivity index (χ2n) is 19.2. The number of amides is 4. The quantitative estimate of drug-likeness (QED) is 0.138. The number of alkyl halides is 2. The molecule has 12 heteroatoms. The Bertz CT molecular complexity index is 2560. The summed E-state index contributed by atoms with van der Waals surface area (Å²) in [5, 5.41) is 10.7. The SMILES string of the molecule is C.CC(C)c1cccc2c1C(F)(F)C(=O)N2.CC(C)c1cccc2c1CC(=O)N2.CC(C)c1cccc2c1CCC(=O)N2.CC(C)c1cccc2c1CCC2.CC(C)c1ncnc2c1CC(=O)N2. The minimum Gasteiger partial charge on any atom is -0.326 e. The molecular formula is C56H70F2N6O4. The standard InChI is InChI=1S/C12H15NO.C12H16.C11H11F2NO.C11H13NO.C9H11N3O.CH4/c1-8(2)9-4-3-5-11-10(9)6-7-12(14)13-11;1-9(2)11-7-3-5-10-6-4-8-12(10)11;1-6(2)7-4-3-5-8-9(7)11(12,13)10(15)14-8;1-7(2)8-4-3-5-10-9(8)6-11(13)12-10;1-5(2)8-6-3-7(13)12-9(6)11-4-10-8;/h3-5,8H,6-7H2,1-2H3,(H,13,14);3,5,7,9H,4,6,8H2,1-2H3;3-6H,1-2H3,(H,14,15);3-5,7H,6H2,1-2H3,(H,12,13);4-5H,3H2,1-2H3,(H,10,11,12,13);1H4. The van der Waals surface area contributed by atoms with Crippen molar-refractivity contribution in [2.24, 2.45) is 0 Å². The Kier molecular flexibility index (Phi) is 17.6. The monoisotopic (exact) mass is 929 g/mol. The number of fused-ring (bicyclic) bond motifs is 5. The van der Waals surface area contributed by atoms with Crippen LogP contribution >= 0.6 is 0 Å². The van der Waals surface area contributed by atoms with E-state index in [1.54, 1.807) is 28.8 Å². The normalized spacial score (nSPS) is 15.3. The van der Waals surface area contributed by atoms with Crippen molar-refractivity contribution in [2.45, 2.75) is 157 Å². The highest BCUT2D eigenvalue weighted by atomic mass is 19.3. The number of carbonyl (C=O) groups excluding carboxylic acids is 4. The Hall–Kier alpha value is -6.30. The summed E-state index contributed by atoms with van der Waals surface area (Å²) >= 11 is 0. The first kappa shape index (κ1) is 52.7. The van der Waals surface area contributed by atoms with Crippen LogP contribution in [0.2, 0.25) is 0 Å². The largest absolute Gasteiger partial charge is 0.352 e. The van der Waals surface area contributed by atoms with Crippen molar-refractivity contribution >= 4 is 46.5 Å². The van der Waals surface area contributed by atoms with Gasteiger partial charge in [0.25, 0.3) is 5.91 Å². The maximum absolute atomic E-state index is 13.5. The van der Waals surface area contributed by atoms with Gasteiger partial charge in [0.1, 0.15) is 12.1 Å². The van der Waals surface area contributed by atoms with Crippen LogP contribution in [0, 0.1) is 0 Å². The van der Waals surface area contributed by atoms with Gasteiger partial charge in [-0.05, 0) is 118 Å². The molecule has 10 rings (SSSR count). The molecule has 1 aromatic heterocycles. The summed E-state index contributed by atoms with van der Waals surface area (Å²) < 4.78 is 27.1. The summed E-state index contributed by atoms with van der Waals surface area (Å²) in [6, 6.07) is 23.8. The molecule has 4 aliphatic heterocycles. The van der Waals surface area contributed by atoms with E-state index in [4.69, 9.17) is 0 Å². The minimum atomic E-state index is -3.39. The molecule has 5 heterocycles. The molecule has 4 aromatic carbocycles. The van der Waals surface area contributed by atoms with Gasteiger partial charge in [-0.2, -0.15) is 8.78 Å². The van der Waals surface area contributed by atoms with Crippen molar-refractivity contribution in [3.8, 4) is 0 Å². The Morgan fingerprint density at radius 3 is 1.59 bits per heavy atom. The van der Waals surface area contributed by atoms with Crippen LogP contribution in [0.5, 0.6) is 0 Å². The van der Waals surface area contributed by atoms with E-state index in [-0.39, 0.29) is 42.3 Å². The molecule has 0 radical (unpaired) electrons. The first-order chi connectivity index (χ1) is 31.8. The molecule has 10 nitrogen and oxygen atoms in total. The Labute approximate surface area is 401 Å². The highest BCUT2D eigenvalue weighted by molar-refractivity contribution is 6.04. The highest BCUT2D eigenvalue weighted by Gasteiger charge is 2.50. The molecule has 1 aliphatic carbocycles. The summed E-state index contributed by atoms with van der Waals surface area (Å²) in [4.78, 5) is 52.7. The second-order valence-corrected chi connectivity index (χ2v) is 19.2. The summed E-state index contributed by atoms with van der Waals surface area (Å²) in [6.07, 6.45) is 7.94. The predicted octanol–water partition coefficient (Wildman–Crippen LogP) is 12.9. The third kappa shape index (κ3) is 12.0. The lowest BCUT2D eigenvalue weighted by Gasteiger charge is -2.21. The molecule has 0 spiro atoms. The highest BCUT2D eigenvalue weighted by Crippen LogP contribution is 2.44. The minimum absolute atomic E-state index is 0. The van der Waals surface area contributed by atoms with Gasteiger partial charge in [0.05, 0.1) is 29.8 Å². The van der Waals surface area contributed by atoms with Crippen molar-refractivity contribution in [1.29, 1.82) is 0 Å². The summed E-state index contributed by atoms with van der Waals surface area (Å²) in [5.74, 6) is -1.66. The predicted molar refractivity (Wildman–Crippen MR) is 271 cm³/mol. The van der Waals surface area contributed by atoms with E-state index >= 15 is 0 Å². The number of aryl methyl sites for hydroxylation is 1. The number of nitrogens with zero attached hydrogens (tertiary/aromatic N) is 2. The maximum atomic E-state index is 13.5. The number of carbonyl (C=O) groups is 4. The number of anilines is 4. The average molecular weight is 929 g/mol. The van der Waals surface area contributed by atoms with Crippen molar-refractivity contribution in [2.75, 3.05) is 21.3 Å². The molecular weight excluding hydrogens is 859 g/mol. The zero-order valence-electron chi connectivity index (χ0n) is 40.6. The van der Waals surface area contributed by atoms with Crippen LogP contribution < -0.4 is 21.3 Å². The van der Waals surface area contributed by atoms with Gasteiger partial charge < -0.3 is 21.3 Å². The van der Waals surface area contributed by atoms with E-state index in [2.05, 4.69) is 117 Å². The average Bonchev–Trinajstić information content (AvgIpc) is 4.07. The van der Waals surface area contributed by atoms with Crippen molar-refractivity contribution in [1.82, 2.24) is 9.97 Å². The maximum Gasteiger partial charge on any atom is 0.352 e. The van der Waals surface area contributed by atoms with Gasteiger partial charge in [-0.25, -0.2) is 9.97 Å². The fourth-order valence-corrected chi connectivity index (χ4v) is 9.36. The molecule has 0 atom stereocenters. The van der Waals surface area contributed by atoms with Gasteiger partial charge in [0.15, 0.2) is 0 Å². The molecule has 0 saturated carbocycles. The molecule has 5 aliphatic rings. The molecule has 362 valence electrons. The number of nitrogens with one attached hydrogen (secondary N) is 4. The number of hydrogen-bond acceptors (Lipinski definition) is 6. The number of aromatic nitrogens is 2. The summed E-state index contributed by atoms with van der Waals surface area (Å²) in [7, 11) is 0. The van der Waals surface area contributed by atoms with Gasteiger partial charge in [-0.1, -0.05) is 131 Å². The van der Waals surface area contributed by atoms with Crippen molar-refractivity contribution in [3.63, 3.8) is 0 Å². The smallest absolute Gasteiger partial charge is 0.326 e. The van der Waals surface area contributed by atoms with E-state index in [0.717, 1.165) is 29.1 Å². The summed E-state index contributed by atoms with van der Waals surface area (Å²) in [5.41, 5.74) is 14.5. The van der Waals surface area contributed by atoms with Gasteiger partial charge in [-0.3, -0.25) is 19.2 Å². The zero-order valence-corrected chi connectivity index (χ0v) is 40.6. The van der Waals surface area contributed by atoms with Crippen LogP contribution in [0.25, 0.3) is 0 Å². The summed E-state index contributed by atoms with van der Waals surface area (Å²) in [6.45, 7) is 21.0. The van der Waals surface area contributed by atoms with Crippen LogP contribution in [0.3, 0.4) is 0 Å². The Morgan fingerprint density at radius 2 is 0.985 bits per heavy atom. The van der Waals surface area contributed by atoms with E-state index < -0.39 is 11.8 Å². The third-order valence-corrected chi connectivity index (χ3v) is 12.6.